The van der Waals surface area contributed by atoms with Crippen molar-refractivity contribution in [3.63, 3.8) is 0 Å². The monoisotopic (exact) mass is 309 g/mol. The van der Waals surface area contributed by atoms with Gasteiger partial charge in [0.05, 0.1) is 22.5 Å². The molecule has 2 aromatic rings. The number of nitrogens with one attached hydrogen (secondary N) is 1. The average Bonchev–Trinajstić information content (AvgIpc) is 2.83. The predicted octanol–water partition coefficient (Wildman–Crippen LogP) is 0.865. The second-order valence-corrected chi connectivity index (χ2v) is 7.06. The first kappa shape index (κ1) is 15.3. The van der Waals surface area contributed by atoms with E-state index in [4.69, 9.17) is 5.73 Å². The van der Waals surface area contributed by atoms with Gasteiger partial charge in [0.2, 0.25) is 10.0 Å². The summed E-state index contributed by atoms with van der Waals surface area (Å²) in [6.45, 7) is 0.517. The molecule has 1 aromatic carbocycles. The van der Waals surface area contributed by atoms with Crippen molar-refractivity contribution in [1.29, 1.82) is 0 Å². The molecule has 1 heterocycles. The molecule has 1 aromatic heterocycles. The van der Waals surface area contributed by atoms with E-state index in [1.165, 1.54) is 24.5 Å². The number of aryl methyl sites for hydroxylation is 1. The molecule has 0 aliphatic rings. The summed E-state index contributed by atoms with van der Waals surface area (Å²) in [5.41, 5.74) is 7.95. The minimum absolute atomic E-state index is 0.204. The van der Waals surface area contributed by atoms with Gasteiger partial charge in [-0.3, -0.25) is 4.68 Å². The van der Waals surface area contributed by atoms with E-state index in [2.05, 4.69) is 10.4 Å². The maximum atomic E-state index is 12.1. The van der Waals surface area contributed by atoms with Crippen LogP contribution in [-0.4, -0.2) is 36.6 Å². The summed E-state index contributed by atoms with van der Waals surface area (Å²) >= 11 is 0. The van der Waals surface area contributed by atoms with Crippen LogP contribution in [0.1, 0.15) is 5.56 Å². The molecule has 8 heteroatoms. The zero-order valence-electron chi connectivity index (χ0n) is 12.2. The Labute approximate surface area is 124 Å². The summed E-state index contributed by atoms with van der Waals surface area (Å²) in [5, 5.41) is 7.21. The molecule has 0 radical (unpaired) electrons. The van der Waals surface area contributed by atoms with Gasteiger partial charge < -0.3 is 11.1 Å². The highest BCUT2D eigenvalue weighted by Crippen LogP contribution is 2.24. The van der Waals surface area contributed by atoms with Crippen molar-refractivity contribution < 1.29 is 8.42 Å². The molecule has 0 saturated carbocycles. The van der Waals surface area contributed by atoms with Crippen LogP contribution in [0.2, 0.25) is 0 Å². The van der Waals surface area contributed by atoms with Gasteiger partial charge >= 0.3 is 0 Å². The standard InChI is InChI=1S/C13H19N5O2S/c1-17(2)21(19,20)11-4-5-12(14)13(6-11)15-7-10-8-16-18(3)9-10/h4-6,8-9,15H,7,14H2,1-3H3. The van der Waals surface area contributed by atoms with E-state index >= 15 is 0 Å². The Morgan fingerprint density at radius 2 is 2.10 bits per heavy atom. The fourth-order valence-corrected chi connectivity index (χ4v) is 2.75. The molecule has 0 fully saturated rings. The highest BCUT2D eigenvalue weighted by atomic mass is 32.2. The smallest absolute Gasteiger partial charge is 0.242 e. The van der Waals surface area contributed by atoms with Crippen molar-refractivity contribution in [2.24, 2.45) is 7.05 Å². The maximum Gasteiger partial charge on any atom is 0.242 e. The van der Waals surface area contributed by atoms with E-state index in [1.54, 1.807) is 23.0 Å². The van der Waals surface area contributed by atoms with Crippen molar-refractivity contribution >= 4 is 21.4 Å². The molecule has 0 amide bonds. The molecule has 2 rings (SSSR count). The molecular formula is C13H19N5O2S. The topological polar surface area (TPSA) is 93.2 Å². The molecule has 21 heavy (non-hydrogen) atoms. The lowest BCUT2D eigenvalue weighted by Gasteiger charge is -2.14. The quantitative estimate of drug-likeness (QED) is 0.799. The number of hydrogen-bond acceptors (Lipinski definition) is 5. The number of nitrogens with zero attached hydrogens (tertiary/aromatic N) is 3. The lowest BCUT2D eigenvalue weighted by molar-refractivity contribution is 0.521. The Bertz CT molecular complexity index is 737. The largest absolute Gasteiger partial charge is 0.397 e. The summed E-state index contributed by atoms with van der Waals surface area (Å²) in [6, 6.07) is 4.63. The van der Waals surface area contributed by atoms with Crippen LogP contribution in [0.15, 0.2) is 35.5 Å². The third-order valence-electron chi connectivity index (χ3n) is 3.04. The number of hydrogen-bond donors (Lipinski definition) is 2. The first-order valence-corrected chi connectivity index (χ1v) is 7.78. The van der Waals surface area contributed by atoms with Gasteiger partial charge in [0.25, 0.3) is 0 Å². The molecule has 114 valence electrons. The van der Waals surface area contributed by atoms with E-state index in [1.807, 2.05) is 13.2 Å². The van der Waals surface area contributed by atoms with E-state index in [9.17, 15) is 8.42 Å². The first-order chi connectivity index (χ1) is 9.80. The van der Waals surface area contributed by atoms with Gasteiger partial charge in [-0.1, -0.05) is 0 Å². The van der Waals surface area contributed by atoms with Crippen molar-refractivity contribution in [2.45, 2.75) is 11.4 Å². The fraction of sp³-hybridized carbons (Fsp3) is 0.308. The normalized spacial score (nSPS) is 11.8. The van der Waals surface area contributed by atoms with Crippen LogP contribution in [0.4, 0.5) is 11.4 Å². The highest BCUT2D eigenvalue weighted by molar-refractivity contribution is 7.89. The molecular weight excluding hydrogens is 290 g/mol. The van der Waals surface area contributed by atoms with E-state index in [-0.39, 0.29) is 4.90 Å². The van der Waals surface area contributed by atoms with E-state index in [0.717, 1.165) is 5.56 Å². The number of sulfonamides is 1. The fourth-order valence-electron chi connectivity index (χ4n) is 1.82. The number of nitrogens with two attached hydrogens (primary N) is 1. The van der Waals surface area contributed by atoms with Crippen LogP contribution < -0.4 is 11.1 Å². The summed E-state index contributed by atoms with van der Waals surface area (Å²) in [5.74, 6) is 0. The second kappa shape index (κ2) is 5.74. The minimum Gasteiger partial charge on any atom is -0.397 e. The van der Waals surface area contributed by atoms with Crippen LogP contribution in [0.25, 0.3) is 0 Å². The number of nitrogen functional groups attached to an aromatic ring is 1. The minimum atomic E-state index is -3.47. The molecule has 0 aliphatic heterocycles. The highest BCUT2D eigenvalue weighted by Gasteiger charge is 2.18. The average molecular weight is 309 g/mol. The van der Waals surface area contributed by atoms with Gasteiger partial charge in [-0.15, -0.1) is 0 Å². The Morgan fingerprint density at radius 3 is 2.67 bits per heavy atom. The van der Waals surface area contributed by atoms with Gasteiger partial charge in [-0.2, -0.15) is 5.10 Å². The van der Waals surface area contributed by atoms with Crippen molar-refractivity contribution in [3.8, 4) is 0 Å². The number of rotatable bonds is 5. The molecule has 7 nitrogen and oxygen atoms in total. The number of aromatic nitrogens is 2. The molecule has 0 spiro atoms. The predicted molar refractivity (Wildman–Crippen MR) is 82.3 cm³/mol. The Morgan fingerprint density at radius 1 is 1.38 bits per heavy atom. The van der Waals surface area contributed by atoms with Gasteiger partial charge in [0.1, 0.15) is 0 Å². The van der Waals surface area contributed by atoms with Crippen LogP contribution in [0.5, 0.6) is 0 Å². The molecule has 3 N–H and O–H groups in total. The lowest BCUT2D eigenvalue weighted by atomic mass is 10.2. The third-order valence-corrected chi connectivity index (χ3v) is 4.86. The van der Waals surface area contributed by atoms with Crippen LogP contribution in [-0.2, 0) is 23.6 Å². The summed E-state index contributed by atoms with van der Waals surface area (Å²) in [4.78, 5) is 0.204. The molecule has 0 unspecified atom stereocenters. The van der Waals surface area contributed by atoms with Gasteiger partial charge in [0, 0.05) is 39.4 Å². The Kier molecular flexibility index (Phi) is 4.19. The lowest BCUT2D eigenvalue weighted by Crippen LogP contribution is -2.22. The van der Waals surface area contributed by atoms with Crippen LogP contribution in [0.3, 0.4) is 0 Å². The second-order valence-electron chi connectivity index (χ2n) is 4.91. The van der Waals surface area contributed by atoms with Crippen molar-refractivity contribution in [2.75, 3.05) is 25.1 Å². The Balaban J connectivity index is 2.24. The van der Waals surface area contributed by atoms with Crippen LogP contribution >= 0.6 is 0 Å². The van der Waals surface area contributed by atoms with E-state index in [0.29, 0.717) is 17.9 Å². The first-order valence-electron chi connectivity index (χ1n) is 6.34. The van der Waals surface area contributed by atoms with Crippen molar-refractivity contribution in [1.82, 2.24) is 14.1 Å². The Hall–Kier alpha value is -2.06. The van der Waals surface area contributed by atoms with E-state index < -0.39 is 10.0 Å². The van der Waals surface area contributed by atoms with Crippen molar-refractivity contribution in [3.05, 3.63) is 36.2 Å². The zero-order chi connectivity index (χ0) is 15.6. The summed E-state index contributed by atoms with van der Waals surface area (Å²) in [6.07, 6.45) is 3.62. The molecule has 0 aliphatic carbocycles. The SMILES string of the molecule is CN(C)S(=O)(=O)c1ccc(N)c(NCc2cnn(C)c2)c1. The van der Waals surface area contributed by atoms with Gasteiger partial charge in [-0.05, 0) is 18.2 Å². The van der Waals surface area contributed by atoms with Gasteiger partial charge in [-0.25, -0.2) is 12.7 Å². The molecule has 0 saturated heterocycles. The summed E-state index contributed by atoms with van der Waals surface area (Å²) in [7, 11) is 1.35. The summed E-state index contributed by atoms with van der Waals surface area (Å²) < 4.78 is 27.1. The molecule has 0 atom stereocenters. The van der Waals surface area contributed by atoms with Gasteiger partial charge in [0.15, 0.2) is 0 Å². The molecule has 0 bridgehead atoms. The third kappa shape index (κ3) is 3.34. The van der Waals surface area contributed by atoms with Crippen LogP contribution in [0, 0.1) is 0 Å². The number of benzene rings is 1. The zero-order valence-corrected chi connectivity index (χ0v) is 13.1. The number of anilines is 2. The maximum absolute atomic E-state index is 12.1.